The first-order chi connectivity index (χ1) is 12.6. The Labute approximate surface area is 162 Å². The Bertz CT molecular complexity index is 751. The summed E-state index contributed by atoms with van der Waals surface area (Å²) in [7, 11) is 1.47. The van der Waals surface area contributed by atoms with Crippen LogP contribution in [0, 0.1) is 39.9 Å². The molecule has 0 spiro atoms. The number of allylic oxidation sites excluding steroid dienone is 4. The molecule has 0 radical (unpaired) electrons. The van der Waals surface area contributed by atoms with E-state index in [1.807, 2.05) is 13.0 Å². The fraction of sp³-hybridized carbons (Fsp3) is 0.739. The van der Waals surface area contributed by atoms with Crippen molar-refractivity contribution in [3.63, 3.8) is 0 Å². The standard InChI is InChI=1S/C23H32O4/c1-13-10-15-16-7-9-22(3,20(26)27-5)23(16,4)12-18(25)19(15)21(2)8-6-14(24)11-17(13)21/h6,8,11,13,15-16,18-19,25H,7,9-10,12H2,1-5H3/t13-,15?,16?,18?,19?,21-,22+,23-/m0/s1. The molecule has 148 valence electrons. The summed E-state index contributed by atoms with van der Waals surface area (Å²) in [6, 6.07) is 0. The van der Waals surface area contributed by atoms with E-state index in [4.69, 9.17) is 4.74 Å². The average molecular weight is 373 g/mol. The highest BCUT2D eigenvalue weighted by atomic mass is 16.5. The van der Waals surface area contributed by atoms with Crippen LogP contribution in [0.2, 0.25) is 0 Å². The number of fused-ring (bicyclic) bond motifs is 5. The maximum absolute atomic E-state index is 12.7. The molecule has 0 aromatic heterocycles. The van der Waals surface area contributed by atoms with E-state index in [1.165, 1.54) is 12.7 Å². The summed E-state index contributed by atoms with van der Waals surface area (Å²) in [5, 5.41) is 11.4. The summed E-state index contributed by atoms with van der Waals surface area (Å²) in [5.41, 5.74) is 0.0948. The fourth-order valence-corrected chi connectivity index (χ4v) is 7.55. The van der Waals surface area contributed by atoms with Crippen LogP contribution in [-0.2, 0) is 14.3 Å². The summed E-state index contributed by atoms with van der Waals surface area (Å²) >= 11 is 0. The molecule has 0 heterocycles. The van der Waals surface area contributed by atoms with Crippen LogP contribution in [0.15, 0.2) is 23.8 Å². The molecular weight excluding hydrogens is 340 g/mol. The molecule has 3 saturated carbocycles. The van der Waals surface area contributed by atoms with Gasteiger partial charge < -0.3 is 9.84 Å². The second kappa shape index (κ2) is 5.79. The van der Waals surface area contributed by atoms with Gasteiger partial charge in [-0.2, -0.15) is 0 Å². The summed E-state index contributed by atoms with van der Waals surface area (Å²) in [5.74, 6) is 1.06. The number of methoxy groups -OCH3 is 1. The predicted octanol–water partition coefficient (Wildman–Crippen LogP) is 3.69. The van der Waals surface area contributed by atoms with Crippen molar-refractivity contribution in [3.8, 4) is 0 Å². The maximum atomic E-state index is 12.7. The lowest BCUT2D eigenvalue weighted by atomic mass is 9.44. The molecule has 4 aliphatic rings. The van der Waals surface area contributed by atoms with Crippen LogP contribution in [0.4, 0.5) is 0 Å². The maximum Gasteiger partial charge on any atom is 0.312 e. The second-order valence-electron chi connectivity index (χ2n) is 10.1. The van der Waals surface area contributed by atoms with Crippen LogP contribution in [0.25, 0.3) is 0 Å². The minimum atomic E-state index is -0.545. The molecule has 4 rings (SSSR count). The molecule has 4 nitrogen and oxygen atoms in total. The lowest BCUT2D eigenvalue weighted by Crippen LogP contribution is -2.59. The molecule has 1 N–H and O–H groups in total. The van der Waals surface area contributed by atoms with Crippen molar-refractivity contribution < 1.29 is 19.4 Å². The molecule has 3 fully saturated rings. The largest absolute Gasteiger partial charge is 0.469 e. The van der Waals surface area contributed by atoms with Crippen molar-refractivity contribution in [1.29, 1.82) is 0 Å². The zero-order valence-electron chi connectivity index (χ0n) is 17.1. The van der Waals surface area contributed by atoms with E-state index in [-0.39, 0.29) is 28.5 Å². The number of hydrogen-bond donors (Lipinski definition) is 1. The number of ketones is 1. The normalized spacial score (nSPS) is 51.1. The molecule has 0 aromatic rings. The summed E-state index contributed by atoms with van der Waals surface area (Å²) in [6.45, 7) is 8.62. The summed E-state index contributed by atoms with van der Waals surface area (Å²) < 4.78 is 5.18. The third-order valence-corrected chi connectivity index (χ3v) is 9.06. The van der Waals surface area contributed by atoms with Crippen LogP contribution in [-0.4, -0.2) is 30.1 Å². The molecule has 4 heteroatoms. The lowest BCUT2D eigenvalue weighted by Gasteiger charge is -2.61. The van der Waals surface area contributed by atoms with Crippen molar-refractivity contribution in [2.45, 2.75) is 59.5 Å². The van der Waals surface area contributed by atoms with Crippen molar-refractivity contribution in [2.24, 2.45) is 39.9 Å². The molecular formula is C23H32O4. The van der Waals surface area contributed by atoms with Gasteiger partial charge in [-0.15, -0.1) is 0 Å². The number of aliphatic hydroxyl groups is 1. The van der Waals surface area contributed by atoms with Gasteiger partial charge in [0.05, 0.1) is 18.6 Å². The second-order valence-corrected chi connectivity index (χ2v) is 10.1. The van der Waals surface area contributed by atoms with Crippen molar-refractivity contribution >= 4 is 11.8 Å². The number of carbonyl (C=O) groups excluding carboxylic acids is 2. The van der Waals surface area contributed by atoms with Crippen LogP contribution in [0.3, 0.4) is 0 Å². The smallest absolute Gasteiger partial charge is 0.312 e. The molecule has 0 amide bonds. The Morgan fingerprint density at radius 1 is 1.30 bits per heavy atom. The third-order valence-electron chi connectivity index (χ3n) is 9.06. The van der Waals surface area contributed by atoms with E-state index in [2.05, 4.69) is 20.8 Å². The Balaban J connectivity index is 1.78. The SMILES string of the molecule is COC(=O)[C@@]1(C)CCC2C3C[C@H](C)C4=CC(=O)C=C[C@]4(C)C3C(O)C[C@@]21C. The monoisotopic (exact) mass is 372 g/mol. The topological polar surface area (TPSA) is 63.6 Å². The number of carbonyl (C=O) groups is 2. The molecule has 0 aromatic carbocycles. The average Bonchev–Trinajstić information content (AvgIpc) is 2.87. The zero-order valence-corrected chi connectivity index (χ0v) is 17.1. The first kappa shape index (κ1) is 18.9. The highest BCUT2D eigenvalue weighted by Gasteiger charge is 2.67. The van der Waals surface area contributed by atoms with Crippen molar-refractivity contribution in [3.05, 3.63) is 23.8 Å². The van der Waals surface area contributed by atoms with Crippen LogP contribution < -0.4 is 0 Å². The number of ether oxygens (including phenoxy) is 1. The number of aliphatic hydroxyl groups excluding tert-OH is 1. The Kier molecular flexibility index (Phi) is 4.06. The van der Waals surface area contributed by atoms with Gasteiger partial charge in [-0.3, -0.25) is 9.59 Å². The molecule has 0 saturated heterocycles. The predicted molar refractivity (Wildman–Crippen MR) is 103 cm³/mol. The van der Waals surface area contributed by atoms with Crippen LogP contribution in [0.1, 0.15) is 53.4 Å². The van der Waals surface area contributed by atoms with Crippen LogP contribution >= 0.6 is 0 Å². The van der Waals surface area contributed by atoms with Gasteiger partial charge in [0.2, 0.25) is 0 Å². The fourth-order valence-electron chi connectivity index (χ4n) is 7.55. The third kappa shape index (κ3) is 2.25. The van der Waals surface area contributed by atoms with Gasteiger partial charge in [-0.25, -0.2) is 0 Å². The van der Waals surface area contributed by atoms with Gasteiger partial charge in [-0.1, -0.05) is 32.4 Å². The van der Waals surface area contributed by atoms with Gasteiger partial charge in [-0.05, 0) is 67.9 Å². The van der Waals surface area contributed by atoms with Gasteiger partial charge >= 0.3 is 5.97 Å². The van der Waals surface area contributed by atoms with Gasteiger partial charge in [0.15, 0.2) is 5.78 Å². The van der Waals surface area contributed by atoms with E-state index >= 15 is 0 Å². The zero-order chi connectivity index (χ0) is 19.8. The van der Waals surface area contributed by atoms with E-state index in [0.29, 0.717) is 24.2 Å². The van der Waals surface area contributed by atoms with E-state index in [0.717, 1.165) is 19.3 Å². The molecule has 8 atom stereocenters. The highest BCUT2D eigenvalue weighted by Crippen LogP contribution is 2.70. The van der Waals surface area contributed by atoms with Crippen molar-refractivity contribution in [1.82, 2.24) is 0 Å². The Morgan fingerprint density at radius 3 is 2.67 bits per heavy atom. The molecule has 0 bridgehead atoms. The first-order valence-corrected chi connectivity index (χ1v) is 10.3. The molecule has 4 aliphatic carbocycles. The molecule has 0 aliphatic heterocycles. The summed E-state index contributed by atoms with van der Waals surface area (Å²) in [6.07, 6.45) is 8.43. The van der Waals surface area contributed by atoms with E-state index in [9.17, 15) is 14.7 Å². The van der Waals surface area contributed by atoms with Gasteiger partial charge in [0, 0.05) is 11.3 Å². The lowest BCUT2D eigenvalue weighted by molar-refractivity contribution is -0.174. The van der Waals surface area contributed by atoms with Crippen LogP contribution in [0.5, 0.6) is 0 Å². The Hall–Kier alpha value is -1.42. The quantitative estimate of drug-likeness (QED) is 0.713. The minimum absolute atomic E-state index is 0.0574. The van der Waals surface area contributed by atoms with E-state index < -0.39 is 11.5 Å². The molecule has 4 unspecified atom stereocenters. The Morgan fingerprint density at radius 2 is 2.00 bits per heavy atom. The van der Waals surface area contributed by atoms with Crippen molar-refractivity contribution in [2.75, 3.05) is 7.11 Å². The molecule has 27 heavy (non-hydrogen) atoms. The number of esters is 1. The van der Waals surface area contributed by atoms with E-state index in [1.54, 1.807) is 12.2 Å². The summed E-state index contributed by atoms with van der Waals surface area (Å²) in [4.78, 5) is 24.7. The van der Waals surface area contributed by atoms with Gasteiger partial charge in [0.1, 0.15) is 0 Å². The minimum Gasteiger partial charge on any atom is -0.469 e. The van der Waals surface area contributed by atoms with Gasteiger partial charge in [0.25, 0.3) is 0 Å². The number of rotatable bonds is 1. The number of hydrogen-bond acceptors (Lipinski definition) is 4. The first-order valence-electron chi connectivity index (χ1n) is 10.3. The highest BCUT2D eigenvalue weighted by molar-refractivity contribution is 6.01.